The van der Waals surface area contributed by atoms with Gasteiger partial charge in [0, 0.05) is 28.8 Å². The largest absolute Gasteiger partial charge is 0.334 e. The highest BCUT2D eigenvalue weighted by Crippen LogP contribution is 2.23. The van der Waals surface area contributed by atoms with Gasteiger partial charge in [-0.2, -0.15) is 0 Å². The maximum absolute atomic E-state index is 13.0. The van der Waals surface area contributed by atoms with Crippen LogP contribution in [0, 0.1) is 0 Å². The normalized spacial score (nSPS) is 13.6. The van der Waals surface area contributed by atoms with Crippen LogP contribution >= 0.6 is 15.9 Å². The van der Waals surface area contributed by atoms with Crippen molar-refractivity contribution in [2.24, 2.45) is 0 Å². The van der Waals surface area contributed by atoms with Gasteiger partial charge in [0.1, 0.15) is 0 Å². The number of benzene rings is 3. The van der Waals surface area contributed by atoms with E-state index in [0.29, 0.717) is 24.3 Å². The highest BCUT2D eigenvalue weighted by Gasteiger charge is 2.22. The van der Waals surface area contributed by atoms with Gasteiger partial charge in [-0.05, 0) is 60.0 Å². The van der Waals surface area contributed by atoms with Gasteiger partial charge in [-0.1, -0.05) is 46.3 Å². The molecule has 5 nitrogen and oxygen atoms in total. The number of nitrogens with one attached hydrogen (secondary N) is 1. The van der Waals surface area contributed by atoms with Gasteiger partial charge in [0.15, 0.2) is 0 Å². The lowest BCUT2D eigenvalue weighted by Gasteiger charge is -2.29. The van der Waals surface area contributed by atoms with Crippen molar-refractivity contribution in [3.63, 3.8) is 0 Å². The molecule has 0 saturated heterocycles. The SMILES string of the molecule is O=C(c1cccc(NS(=O)(=O)c2ccc(Br)cc2)c1)N1CCc2ccccc2C1. The fraction of sp³-hybridized carbons (Fsp3) is 0.136. The summed E-state index contributed by atoms with van der Waals surface area (Å²) in [4.78, 5) is 14.9. The number of hydrogen-bond acceptors (Lipinski definition) is 3. The second kappa shape index (κ2) is 8.00. The van der Waals surface area contributed by atoms with Gasteiger partial charge in [0.05, 0.1) is 4.90 Å². The summed E-state index contributed by atoms with van der Waals surface area (Å²) >= 11 is 3.30. The minimum absolute atomic E-state index is 0.107. The topological polar surface area (TPSA) is 66.5 Å². The van der Waals surface area contributed by atoms with Crippen LogP contribution in [0.25, 0.3) is 0 Å². The fourth-order valence-electron chi connectivity index (χ4n) is 3.40. The second-order valence-electron chi connectivity index (χ2n) is 6.89. The molecular weight excluding hydrogens is 452 g/mol. The number of nitrogens with zero attached hydrogens (tertiary/aromatic N) is 1. The predicted molar refractivity (Wildman–Crippen MR) is 116 cm³/mol. The molecule has 4 rings (SSSR count). The Balaban J connectivity index is 1.53. The monoisotopic (exact) mass is 470 g/mol. The minimum Gasteiger partial charge on any atom is -0.334 e. The Morgan fingerprint density at radius 2 is 1.66 bits per heavy atom. The first-order valence-electron chi connectivity index (χ1n) is 9.17. The van der Waals surface area contributed by atoms with Crippen LogP contribution in [0.3, 0.4) is 0 Å². The summed E-state index contributed by atoms with van der Waals surface area (Å²) in [6.45, 7) is 1.20. The number of rotatable bonds is 4. The van der Waals surface area contributed by atoms with Gasteiger partial charge in [0.2, 0.25) is 0 Å². The van der Waals surface area contributed by atoms with Crippen molar-refractivity contribution < 1.29 is 13.2 Å². The average molecular weight is 471 g/mol. The number of carbonyl (C=O) groups is 1. The van der Waals surface area contributed by atoms with E-state index >= 15 is 0 Å². The fourth-order valence-corrected chi connectivity index (χ4v) is 4.71. The zero-order valence-electron chi connectivity index (χ0n) is 15.5. The predicted octanol–water partition coefficient (Wildman–Crippen LogP) is 4.45. The number of sulfonamides is 1. The summed E-state index contributed by atoms with van der Waals surface area (Å²) in [5.74, 6) is -0.107. The van der Waals surface area contributed by atoms with Gasteiger partial charge in [-0.15, -0.1) is 0 Å². The molecule has 1 heterocycles. The maximum Gasteiger partial charge on any atom is 0.261 e. The molecule has 1 aliphatic rings. The zero-order valence-corrected chi connectivity index (χ0v) is 17.9. The maximum atomic E-state index is 13.0. The molecule has 29 heavy (non-hydrogen) atoms. The van der Waals surface area contributed by atoms with E-state index in [1.54, 1.807) is 41.3 Å². The van der Waals surface area contributed by atoms with Crippen molar-refractivity contribution in [1.29, 1.82) is 0 Å². The van der Waals surface area contributed by atoms with Crippen molar-refractivity contribution in [3.05, 3.63) is 94.0 Å². The van der Waals surface area contributed by atoms with E-state index in [-0.39, 0.29) is 10.8 Å². The van der Waals surface area contributed by atoms with Crippen LogP contribution in [0.1, 0.15) is 21.5 Å². The summed E-state index contributed by atoms with van der Waals surface area (Å²) in [6.07, 6.45) is 0.817. The van der Waals surface area contributed by atoms with E-state index in [4.69, 9.17) is 0 Å². The molecule has 1 aliphatic heterocycles. The smallest absolute Gasteiger partial charge is 0.261 e. The quantitative estimate of drug-likeness (QED) is 0.612. The van der Waals surface area contributed by atoms with Crippen molar-refractivity contribution in [3.8, 4) is 0 Å². The Kier molecular flexibility index (Phi) is 5.43. The van der Waals surface area contributed by atoms with Crippen molar-refractivity contribution in [2.75, 3.05) is 11.3 Å². The van der Waals surface area contributed by atoms with E-state index in [9.17, 15) is 13.2 Å². The Morgan fingerprint density at radius 1 is 0.931 bits per heavy atom. The highest BCUT2D eigenvalue weighted by molar-refractivity contribution is 9.10. The third-order valence-corrected chi connectivity index (χ3v) is 6.83. The number of fused-ring (bicyclic) bond motifs is 1. The molecule has 0 spiro atoms. The van der Waals surface area contributed by atoms with E-state index < -0.39 is 10.0 Å². The molecular formula is C22H19BrN2O3S. The van der Waals surface area contributed by atoms with Crippen LogP contribution in [0.5, 0.6) is 0 Å². The third-order valence-electron chi connectivity index (χ3n) is 4.90. The van der Waals surface area contributed by atoms with Gasteiger partial charge in [-0.3, -0.25) is 9.52 Å². The number of hydrogen-bond donors (Lipinski definition) is 1. The van der Waals surface area contributed by atoms with E-state index in [1.165, 1.54) is 17.7 Å². The highest BCUT2D eigenvalue weighted by atomic mass is 79.9. The van der Waals surface area contributed by atoms with Crippen LogP contribution in [-0.2, 0) is 23.0 Å². The van der Waals surface area contributed by atoms with E-state index in [1.807, 2.05) is 18.2 Å². The zero-order chi connectivity index (χ0) is 20.4. The molecule has 148 valence electrons. The number of amides is 1. The average Bonchev–Trinajstić information content (AvgIpc) is 2.73. The molecule has 3 aromatic carbocycles. The molecule has 0 radical (unpaired) electrons. The van der Waals surface area contributed by atoms with Crippen molar-refractivity contribution in [2.45, 2.75) is 17.9 Å². The summed E-state index contributed by atoms with van der Waals surface area (Å²) < 4.78 is 28.6. The summed E-state index contributed by atoms with van der Waals surface area (Å²) in [7, 11) is -3.73. The Hall–Kier alpha value is -2.64. The minimum atomic E-state index is -3.73. The molecule has 7 heteroatoms. The van der Waals surface area contributed by atoms with Crippen LogP contribution in [0.4, 0.5) is 5.69 Å². The first kappa shape index (κ1) is 19.7. The number of anilines is 1. The van der Waals surface area contributed by atoms with Gasteiger partial charge in [0.25, 0.3) is 15.9 Å². The molecule has 0 unspecified atom stereocenters. The molecule has 0 fully saturated rings. The van der Waals surface area contributed by atoms with Crippen LogP contribution < -0.4 is 4.72 Å². The molecule has 0 aromatic heterocycles. The Bertz CT molecular complexity index is 1160. The molecule has 0 bridgehead atoms. The summed E-state index contributed by atoms with van der Waals surface area (Å²) in [6, 6.07) is 21.1. The van der Waals surface area contributed by atoms with Gasteiger partial charge < -0.3 is 4.90 Å². The lowest BCUT2D eigenvalue weighted by molar-refractivity contribution is 0.0734. The van der Waals surface area contributed by atoms with Gasteiger partial charge >= 0.3 is 0 Å². The van der Waals surface area contributed by atoms with Crippen molar-refractivity contribution in [1.82, 2.24) is 4.90 Å². The molecule has 0 saturated carbocycles. The standard InChI is InChI=1S/C22H19BrN2O3S/c23-19-8-10-21(11-9-19)29(27,28)24-20-7-3-6-17(14-20)22(26)25-13-12-16-4-1-2-5-18(16)15-25/h1-11,14,24H,12-13,15H2. The molecule has 1 amide bonds. The first-order valence-corrected chi connectivity index (χ1v) is 11.4. The number of carbonyl (C=O) groups excluding carboxylic acids is 1. The summed E-state index contributed by atoms with van der Waals surface area (Å²) in [5.41, 5.74) is 3.24. The Morgan fingerprint density at radius 3 is 2.41 bits per heavy atom. The van der Waals surface area contributed by atoms with Crippen LogP contribution in [0.15, 0.2) is 82.2 Å². The molecule has 3 aromatic rings. The number of halogens is 1. The first-order chi connectivity index (χ1) is 13.9. The lowest BCUT2D eigenvalue weighted by atomic mass is 9.99. The Labute approximate surface area is 178 Å². The van der Waals surface area contributed by atoms with Gasteiger partial charge in [-0.25, -0.2) is 8.42 Å². The third kappa shape index (κ3) is 4.36. The van der Waals surface area contributed by atoms with Crippen LogP contribution in [-0.4, -0.2) is 25.8 Å². The lowest BCUT2D eigenvalue weighted by Crippen LogP contribution is -2.35. The van der Waals surface area contributed by atoms with Crippen molar-refractivity contribution >= 4 is 37.5 Å². The molecule has 1 N–H and O–H groups in total. The van der Waals surface area contributed by atoms with E-state index in [2.05, 4.69) is 26.7 Å². The molecule has 0 atom stereocenters. The summed E-state index contributed by atoms with van der Waals surface area (Å²) in [5, 5.41) is 0. The van der Waals surface area contributed by atoms with E-state index in [0.717, 1.165) is 16.5 Å². The molecule has 0 aliphatic carbocycles. The second-order valence-corrected chi connectivity index (χ2v) is 9.48. The van der Waals surface area contributed by atoms with Crippen LogP contribution in [0.2, 0.25) is 0 Å².